The van der Waals surface area contributed by atoms with Gasteiger partial charge in [-0.25, -0.2) is 0 Å². The number of Topliss-reactive ketones (excluding diaryl/α,β-unsaturated/α-hetero) is 1. The summed E-state index contributed by atoms with van der Waals surface area (Å²) < 4.78 is 0. The number of phenols is 1. The molecule has 24 heteroatoms. The molecule has 0 radical (unpaired) electrons. The first kappa shape index (κ1) is 55.5. The number of likely N-dealkylation sites (tertiary alicyclic amines) is 2. The number of aryl methyl sites for hydroxylation is 1. The maximum absolute atomic E-state index is 14.3. The van der Waals surface area contributed by atoms with Gasteiger partial charge in [-0.2, -0.15) is 0 Å². The minimum Gasteiger partial charge on any atom is -0.508 e. The fourth-order valence-corrected chi connectivity index (χ4v) is 7.81. The van der Waals surface area contributed by atoms with Crippen molar-refractivity contribution in [3.05, 3.63) is 29.3 Å². The average Bonchev–Trinajstić information content (AvgIpc) is 3.84. The molecule has 1 aromatic rings. The monoisotopic (exact) mass is 949 g/mol. The lowest BCUT2D eigenvalue weighted by molar-refractivity contribution is -0.147. The molecule has 0 aliphatic carbocycles. The van der Waals surface area contributed by atoms with Gasteiger partial charge < -0.3 is 78.1 Å². The van der Waals surface area contributed by atoms with Gasteiger partial charge in [0, 0.05) is 25.9 Å². The minimum absolute atomic E-state index is 0.0238. The quantitative estimate of drug-likeness (QED) is 0.0516. The smallest absolute Gasteiger partial charge is 0.248 e. The van der Waals surface area contributed by atoms with Crippen LogP contribution in [-0.2, 0) is 49.6 Å². The first-order valence-corrected chi connectivity index (χ1v) is 22.0. The van der Waals surface area contributed by atoms with Crippen molar-refractivity contribution in [3.63, 3.8) is 0 Å². The van der Waals surface area contributed by atoms with Gasteiger partial charge in [-0.1, -0.05) is 26.0 Å². The van der Waals surface area contributed by atoms with Crippen molar-refractivity contribution in [2.45, 2.75) is 153 Å². The summed E-state index contributed by atoms with van der Waals surface area (Å²) in [6, 6.07) is -7.08. The predicted molar refractivity (Wildman–Crippen MR) is 236 cm³/mol. The van der Waals surface area contributed by atoms with Gasteiger partial charge in [-0.05, 0) is 71.2 Å². The zero-order valence-electron chi connectivity index (χ0n) is 38.9. The molecule has 1 aromatic carbocycles. The molecular weight excluding hydrogens is 883 g/mol. The number of benzene rings is 1. The largest absolute Gasteiger partial charge is 0.508 e. The van der Waals surface area contributed by atoms with E-state index in [2.05, 4.69) is 31.9 Å². The second kappa shape index (κ2) is 24.3. The summed E-state index contributed by atoms with van der Waals surface area (Å²) >= 11 is 0. The van der Waals surface area contributed by atoms with E-state index in [4.69, 9.17) is 5.73 Å². The number of nitrogens with two attached hydrogens (primary N) is 1. The number of β-amino-alcohol motifs (C(OH)–C–C–N with tert-alkyl or cyclic N) is 1. The molecule has 0 saturated carbocycles. The fourth-order valence-electron chi connectivity index (χ4n) is 7.81. The summed E-state index contributed by atoms with van der Waals surface area (Å²) in [7, 11) is 1.55. The highest BCUT2D eigenvalue weighted by Crippen LogP contribution is 2.24. The molecule has 0 bridgehead atoms. The van der Waals surface area contributed by atoms with Gasteiger partial charge in [0.15, 0.2) is 5.78 Å². The Hall–Kier alpha value is -5.79. The lowest BCUT2D eigenvalue weighted by Gasteiger charge is -2.33. The molecular formula is C43H67N9O15. The molecule has 67 heavy (non-hydrogen) atoms. The molecule has 0 spiro atoms. The van der Waals surface area contributed by atoms with Crippen molar-refractivity contribution in [2.24, 2.45) is 11.7 Å². The highest BCUT2D eigenvalue weighted by atomic mass is 16.3. The van der Waals surface area contributed by atoms with Crippen molar-refractivity contribution in [1.29, 1.82) is 0 Å². The van der Waals surface area contributed by atoms with E-state index in [1.165, 1.54) is 6.07 Å². The van der Waals surface area contributed by atoms with Crippen LogP contribution in [0, 0.1) is 12.8 Å². The Labute approximate surface area is 387 Å². The summed E-state index contributed by atoms with van der Waals surface area (Å²) in [6.45, 7) is 9.08. The lowest BCUT2D eigenvalue weighted by Crippen LogP contribution is -2.64. The van der Waals surface area contributed by atoms with Crippen LogP contribution in [0.2, 0.25) is 0 Å². The number of likely N-dealkylation sites (N-methyl/N-ethyl adjacent to an activating group) is 1. The van der Waals surface area contributed by atoms with Gasteiger partial charge in [0.2, 0.25) is 47.3 Å². The maximum Gasteiger partial charge on any atom is 0.248 e. The molecule has 2 aliphatic heterocycles. The number of ketones is 1. The van der Waals surface area contributed by atoms with E-state index in [0.29, 0.717) is 11.1 Å². The van der Waals surface area contributed by atoms with E-state index in [-0.39, 0.29) is 38.1 Å². The van der Waals surface area contributed by atoms with Crippen LogP contribution in [0.5, 0.6) is 5.75 Å². The van der Waals surface area contributed by atoms with E-state index in [0.717, 1.165) is 30.6 Å². The number of amides is 8. The predicted octanol–water partition coefficient (Wildman–Crippen LogP) is -5.56. The highest BCUT2D eigenvalue weighted by molar-refractivity contribution is 5.99. The number of hydrogen-bond acceptors (Lipinski definition) is 16. The third-order valence-electron chi connectivity index (χ3n) is 11.8. The Balaban J connectivity index is 1.82. The van der Waals surface area contributed by atoms with E-state index in [1.807, 2.05) is 0 Å². The fraction of sp³-hybridized carbons (Fsp3) is 0.651. The van der Waals surface area contributed by atoms with Crippen molar-refractivity contribution in [2.75, 3.05) is 20.1 Å². The molecule has 0 aromatic heterocycles. The third kappa shape index (κ3) is 14.6. The van der Waals surface area contributed by atoms with E-state index in [1.54, 1.807) is 46.9 Å². The number of aliphatic hydroxyl groups excluding tert-OH is 5. The highest BCUT2D eigenvalue weighted by Gasteiger charge is 2.47. The first-order valence-electron chi connectivity index (χ1n) is 22.0. The van der Waals surface area contributed by atoms with E-state index in [9.17, 15) is 73.8 Å². The Bertz CT molecular complexity index is 2000. The Kier molecular flexibility index (Phi) is 20.1. The number of aromatic hydroxyl groups is 1. The summed E-state index contributed by atoms with van der Waals surface area (Å²) in [4.78, 5) is 122. The molecule has 24 nitrogen and oxygen atoms in total. The standard InChI is InChI=1S/C43H67N9O15/c1-18(2)32(47-38(62)26(46-37(61)20(4)45-8)14-24-9-10-28(57)19(3)13-24)42(66)52-17-25(56)15-27(52)39(63)49-34(22(6)54)40(64)50-35(23(7)55)43(67)51-12-11-29(58)36(51)41(65)48-33(21(5)53)30(59)16-31(44)60/h9-10,13,18,20,22-23,25-27,29-30,32-36,45,54-59H,11-12,14-17H2,1-8H3,(H2,44,60)(H,46,61)(H,47,62)(H,48,65)(H,49,63)(H,50,64)/t20-,22-,23-,25-,26+,27+,29+,30?,32+,33?,34-,35+,36+/m1/s1. The number of nitrogens with zero attached hydrogens (tertiary/aromatic N) is 2. The van der Waals surface area contributed by atoms with Crippen molar-refractivity contribution < 1.29 is 73.8 Å². The number of hydrogen-bond donors (Lipinski definition) is 13. The molecule has 2 aliphatic rings. The molecule has 3 rings (SSSR count). The van der Waals surface area contributed by atoms with Gasteiger partial charge in [0.05, 0.1) is 43.0 Å². The van der Waals surface area contributed by atoms with Gasteiger partial charge in [0.1, 0.15) is 48.0 Å². The Morgan fingerprint density at radius 3 is 1.88 bits per heavy atom. The molecule has 14 N–H and O–H groups in total. The number of nitrogens with one attached hydrogen (secondary N) is 6. The number of carbonyl (C=O) groups is 9. The van der Waals surface area contributed by atoms with Crippen LogP contribution in [0.4, 0.5) is 0 Å². The van der Waals surface area contributed by atoms with E-state index < -0.39 is 144 Å². The lowest BCUT2D eigenvalue weighted by atomic mass is 9.99. The summed E-state index contributed by atoms with van der Waals surface area (Å²) in [5, 5.41) is 78.2. The number of carbonyl (C=O) groups excluding carboxylic acids is 9. The number of aliphatic hydroxyl groups is 5. The third-order valence-corrected chi connectivity index (χ3v) is 11.8. The van der Waals surface area contributed by atoms with Crippen molar-refractivity contribution in [3.8, 4) is 5.75 Å². The van der Waals surface area contributed by atoms with Gasteiger partial charge in [-0.15, -0.1) is 0 Å². The molecule has 374 valence electrons. The molecule has 2 heterocycles. The SMILES string of the molecule is CN[C@H](C)C(=O)N[C@@H](Cc1ccc(O)c(C)c1)C(=O)N[C@H](C(=O)N1C[C@H](O)C[C@H]1C(=O)N[C@@H](C(=O)N[C@H](C(=O)N1CC[C@H](O)[C@H]1C(=O)NC(C(C)=O)C(O)CC(N)=O)[C@@H](C)O)[C@@H](C)O)C(C)C. The summed E-state index contributed by atoms with van der Waals surface area (Å²) in [6.07, 6.45) is -9.09. The molecule has 2 saturated heterocycles. The number of primary amides is 1. The molecule has 8 amide bonds. The zero-order valence-corrected chi connectivity index (χ0v) is 38.9. The van der Waals surface area contributed by atoms with Crippen LogP contribution in [-0.4, -0.2) is 192 Å². The van der Waals surface area contributed by atoms with Crippen LogP contribution < -0.4 is 37.6 Å². The molecule has 2 unspecified atom stereocenters. The number of rotatable bonds is 22. The summed E-state index contributed by atoms with van der Waals surface area (Å²) in [5.41, 5.74) is 6.22. The van der Waals surface area contributed by atoms with Gasteiger partial charge in [0.25, 0.3) is 0 Å². The molecule has 2 fully saturated rings. The van der Waals surface area contributed by atoms with Gasteiger partial charge >= 0.3 is 0 Å². The van der Waals surface area contributed by atoms with Crippen molar-refractivity contribution >= 4 is 53.0 Å². The number of phenolic OH excluding ortho intramolecular Hbond substituents is 1. The first-order chi connectivity index (χ1) is 31.2. The van der Waals surface area contributed by atoms with Crippen LogP contribution >= 0.6 is 0 Å². The van der Waals surface area contributed by atoms with Crippen LogP contribution in [0.3, 0.4) is 0 Å². The minimum atomic E-state index is -1.86. The van der Waals surface area contributed by atoms with Crippen LogP contribution in [0.1, 0.15) is 71.9 Å². The molecule has 13 atom stereocenters. The Morgan fingerprint density at radius 2 is 1.34 bits per heavy atom. The second-order valence-electron chi connectivity index (χ2n) is 17.6. The van der Waals surface area contributed by atoms with Crippen LogP contribution in [0.25, 0.3) is 0 Å². The maximum atomic E-state index is 14.3. The van der Waals surface area contributed by atoms with Crippen molar-refractivity contribution in [1.82, 2.24) is 41.7 Å². The topological polar surface area (TPSA) is 380 Å². The normalized spacial score (nSPS) is 22.2. The summed E-state index contributed by atoms with van der Waals surface area (Å²) in [5.74, 6) is -8.85. The second-order valence-corrected chi connectivity index (χ2v) is 17.6. The van der Waals surface area contributed by atoms with E-state index >= 15 is 0 Å². The average molecular weight is 950 g/mol. The zero-order chi connectivity index (χ0) is 50.8. The Morgan fingerprint density at radius 1 is 0.761 bits per heavy atom. The van der Waals surface area contributed by atoms with Gasteiger partial charge in [-0.3, -0.25) is 43.2 Å². The van der Waals surface area contributed by atoms with Crippen LogP contribution in [0.15, 0.2) is 18.2 Å².